The minimum Gasteiger partial charge on any atom is -0.374 e. The maximum absolute atomic E-state index is 5.80. The zero-order valence-electron chi connectivity index (χ0n) is 13.5. The molecule has 19 heavy (non-hydrogen) atoms. The van der Waals surface area contributed by atoms with Crippen LogP contribution in [0.5, 0.6) is 0 Å². The van der Waals surface area contributed by atoms with Gasteiger partial charge in [0.15, 0.2) is 0 Å². The molecule has 0 aromatic heterocycles. The Bertz CT molecular complexity index is 240. The third-order valence-corrected chi connectivity index (χ3v) is 5.62. The molecule has 0 unspecified atom stereocenters. The topological polar surface area (TPSA) is 40.0 Å². The summed E-state index contributed by atoms with van der Waals surface area (Å²) in [6.45, 7) is 15.0. The monoisotopic (exact) mass is 289 g/mol. The van der Waals surface area contributed by atoms with Crippen LogP contribution < -0.4 is 0 Å². The van der Waals surface area contributed by atoms with E-state index in [4.69, 9.17) is 13.3 Å². The number of hydrogen-bond donors (Lipinski definition) is 0. The molecule has 0 radical (unpaired) electrons. The van der Waals surface area contributed by atoms with Crippen LogP contribution >= 0.6 is 0 Å². The predicted molar refractivity (Wildman–Crippen MR) is 82.9 cm³/mol. The van der Waals surface area contributed by atoms with Gasteiger partial charge >= 0.3 is 8.80 Å². The van der Waals surface area contributed by atoms with Crippen molar-refractivity contribution in [2.24, 2.45) is 10.9 Å². The third kappa shape index (κ3) is 8.52. The average molecular weight is 289 g/mol. The first-order valence-corrected chi connectivity index (χ1v) is 9.34. The minimum atomic E-state index is -2.51. The van der Waals surface area contributed by atoms with Crippen LogP contribution in [0, 0.1) is 5.92 Å². The van der Waals surface area contributed by atoms with E-state index in [1.807, 2.05) is 20.8 Å². The summed E-state index contributed by atoms with van der Waals surface area (Å²) in [5.74, 6) is 0.649. The maximum Gasteiger partial charge on any atom is 0.502 e. The molecule has 0 heterocycles. The summed E-state index contributed by atoms with van der Waals surface area (Å²) in [4.78, 5) is 4.61. The summed E-state index contributed by atoms with van der Waals surface area (Å²) in [5, 5.41) is 0. The summed E-state index contributed by atoms with van der Waals surface area (Å²) >= 11 is 0. The average Bonchev–Trinajstić information content (AvgIpc) is 2.28. The lowest BCUT2D eigenvalue weighted by Crippen LogP contribution is -2.46. The lowest BCUT2D eigenvalue weighted by Gasteiger charge is -2.27. The van der Waals surface area contributed by atoms with E-state index in [-0.39, 0.29) is 0 Å². The Balaban J connectivity index is 4.46. The lowest BCUT2D eigenvalue weighted by molar-refractivity contribution is 0.0720. The van der Waals surface area contributed by atoms with Gasteiger partial charge in [-0.2, -0.15) is 0 Å². The molecular weight excluding hydrogens is 258 g/mol. The maximum atomic E-state index is 5.80. The van der Waals surface area contributed by atoms with Gasteiger partial charge in [-0.15, -0.1) is 0 Å². The molecule has 0 spiro atoms. The van der Waals surface area contributed by atoms with Crippen molar-refractivity contribution in [3.8, 4) is 0 Å². The first-order chi connectivity index (χ1) is 8.99. The molecule has 114 valence electrons. The van der Waals surface area contributed by atoms with Crippen molar-refractivity contribution in [2.75, 3.05) is 26.4 Å². The predicted octanol–water partition coefficient (Wildman–Crippen LogP) is 3.54. The SMILES string of the molecule is CCO[Si](CCN=C(C)CC(C)C)(OCC)OCC. The molecule has 0 aliphatic heterocycles. The molecule has 0 atom stereocenters. The van der Waals surface area contributed by atoms with Gasteiger partial charge in [0.1, 0.15) is 0 Å². The Morgan fingerprint density at radius 3 is 1.84 bits per heavy atom. The molecule has 0 saturated heterocycles. The van der Waals surface area contributed by atoms with Crippen molar-refractivity contribution < 1.29 is 13.3 Å². The fraction of sp³-hybridized carbons (Fsp3) is 0.929. The zero-order valence-corrected chi connectivity index (χ0v) is 14.5. The third-order valence-electron chi connectivity index (χ3n) is 2.60. The van der Waals surface area contributed by atoms with Crippen LogP contribution in [-0.4, -0.2) is 40.9 Å². The second kappa shape index (κ2) is 10.5. The van der Waals surface area contributed by atoms with E-state index in [0.717, 1.165) is 19.0 Å². The number of rotatable bonds is 11. The van der Waals surface area contributed by atoms with Crippen LogP contribution in [0.15, 0.2) is 4.99 Å². The van der Waals surface area contributed by atoms with Gasteiger partial charge in [0.05, 0.1) is 0 Å². The highest BCUT2D eigenvalue weighted by Gasteiger charge is 2.39. The van der Waals surface area contributed by atoms with Gasteiger partial charge < -0.3 is 13.3 Å². The molecule has 0 aliphatic rings. The van der Waals surface area contributed by atoms with Crippen LogP contribution in [-0.2, 0) is 13.3 Å². The van der Waals surface area contributed by atoms with Gasteiger partial charge in [-0.1, -0.05) is 13.8 Å². The highest BCUT2D eigenvalue weighted by Crippen LogP contribution is 2.16. The van der Waals surface area contributed by atoms with Crippen LogP contribution in [0.3, 0.4) is 0 Å². The van der Waals surface area contributed by atoms with Gasteiger partial charge in [-0.3, -0.25) is 4.99 Å². The van der Waals surface area contributed by atoms with Crippen LogP contribution in [0.1, 0.15) is 48.0 Å². The van der Waals surface area contributed by atoms with Crippen molar-refractivity contribution in [3.63, 3.8) is 0 Å². The van der Waals surface area contributed by atoms with Crippen LogP contribution in [0.4, 0.5) is 0 Å². The highest BCUT2D eigenvalue weighted by atomic mass is 28.4. The standard InChI is InChI=1S/C14H31NO3Si/c1-7-16-19(17-8-2,18-9-3)11-10-15-14(6)12-13(4)5/h13H,7-12H2,1-6H3. The Kier molecular flexibility index (Phi) is 10.4. The van der Waals surface area contributed by atoms with E-state index in [0.29, 0.717) is 25.7 Å². The summed E-state index contributed by atoms with van der Waals surface area (Å²) in [7, 11) is -2.51. The second-order valence-corrected chi connectivity index (χ2v) is 7.68. The van der Waals surface area contributed by atoms with Crippen LogP contribution in [0.25, 0.3) is 0 Å². The smallest absolute Gasteiger partial charge is 0.374 e. The van der Waals surface area contributed by atoms with E-state index in [1.165, 1.54) is 5.71 Å². The molecule has 0 aliphatic carbocycles. The molecule has 4 nitrogen and oxygen atoms in total. The van der Waals surface area contributed by atoms with Gasteiger partial charge in [-0.05, 0) is 40.0 Å². The van der Waals surface area contributed by atoms with Gasteiger partial charge in [0.2, 0.25) is 0 Å². The molecule has 0 amide bonds. The van der Waals surface area contributed by atoms with E-state index in [2.05, 4.69) is 25.8 Å². The van der Waals surface area contributed by atoms with E-state index < -0.39 is 8.80 Å². The highest BCUT2D eigenvalue weighted by molar-refractivity contribution is 6.60. The molecule has 0 fully saturated rings. The first-order valence-electron chi connectivity index (χ1n) is 7.41. The van der Waals surface area contributed by atoms with Gasteiger partial charge in [0, 0.05) is 38.1 Å². The van der Waals surface area contributed by atoms with Crippen molar-refractivity contribution >= 4 is 14.5 Å². The Morgan fingerprint density at radius 1 is 1.00 bits per heavy atom. The molecule has 0 bridgehead atoms. The quantitative estimate of drug-likeness (QED) is 0.431. The molecular formula is C14H31NO3Si. The lowest BCUT2D eigenvalue weighted by atomic mass is 10.1. The first kappa shape index (κ1) is 18.8. The Labute approximate surface area is 119 Å². The molecule has 5 heteroatoms. The second-order valence-electron chi connectivity index (χ2n) is 4.95. The van der Waals surface area contributed by atoms with Crippen molar-refractivity contribution in [1.29, 1.82) is 0 Å². The molecule has 0 aromatic rings. The summed E-state index contributed by atoms with van der Waals surface area (Å²) in [6, 6.07) is 0.762. The van der Waals surface area contributed by atoms with E-state index in [1.54, 1.807) is 0 Å². The molecule has 0 aromatic carbocycles. The zero-order chi connectivity index (χ0) is 14.7. The summed E-state index contributed by atoms with van der Waals surface area (Å²) in [6.07, 6.45) is 1.05. The normalized spacial score (nSPS) is 13.3. The number of hydrogen-bond acceptors (Lipinski definition) is 4. The van der Waals surface area contributed by atoms with Crippen molar-refractivity contribution in [3.05, 3.63) is 0 Å². The largest absolute Gasteiger partial charge is 0.502 e. The van der Waals surface area contributed by atoms with Crippen molar-refractivity contribution in [1.82, 2.24) is 0 Å². The van der Waals surface area contributed by atoms with Crippen LogP contribution in [0.2, 0.25) is 6.04 Å². The number of aliphatic imine (C=N–C) groups is 1. The fourth-order valence-corrected chi connectivity index (χ4v) is 4.43. The van der Waals surface area contributed by atoms with Gasteiger partial charge in [-0.25, -0.2) is 0 Å². The summed E-state index contributed by atoms with van der Waals surface area (Å²) < 4.78 is 17.4. The molecule has 0 N–H and O–H groups in total. The van der Waals surface area contributed by atoms with Crippen molar-refractivity contribution in [2.45, 2.75) is 54.0 Å². The Hall–Kier alpha value is -0.233. The molecule has 0 saturated carbocycles. The fourth-order valence-electron chi connectivity index (χ4n) is 2.04. The molecule has 0 rings (SSSR count). The Morgan fingerprint density at radius 2 is 1.47 bits per heavy atom. The summed E-state index contributed by atoms with van der Waals surface area (Å²) in [5.41, 5.74) is 1.20. The number of nitrogens with zero attached hydrogens (tertiary/aromatic N) is 1. The van der Waals surface area contributed by atoms with E-state index >= 15 is 0 Å². The minimum absolute atomic E-state index is 0.626. The van der Waals surface area contributed by atoms with E-state index in [9.17, 15) is 0 Å². The van der Waals surface area contributed by atoms with Gasteiger partial charge in [0.25, 0.3) is 0 Å².